The van der Waals surface area contributed by atoms with Crippen molar-refractivity contribution in [1.29, 1.82) is 0 Å². The van der Waals surface area contributed by atoms with Gasteiger partial charge >= 0.3 is 5.97 Å². The third-order valence-corrected chi connectivity index (χ3v) is 10.3. The minimum Gasteiger partial charge on any atom is -0.457 e. The van der Waals surface area contributed by atoms with Gasteiger partial charge in [-0.2, -0.15) is 0 Å². The lowest BCUT2D eigenvalue weighted by Gasteiger charge is -2.39. The lowest BCUT2D eigenvalue weighted by molar-refractivity contribution is -0.305. The molecule has 6 atom stereocenters. The molecule has 0 aliphatic carbocycles. The van der Waals surface area contributed by atoms with E-state index in [4.69, 9.17) is 18.9 Å². The summed E-state index contributed by atoms with van der Waals surface area (Å²) in [7, 11) is 0. The van der Waals surface area contributed by atoms with Crippen molar-refractivity contribution in [3.63, 3.8) is 0 Å². The summed E-state index contributed by atoms with van der Waals surface area (Å²) in [6.45, 7) is 4.42. The van der Waals surface area contributed by atoms with Crippen molar-refractivity contribution in [2.45, 2.75) is 237 Å². The number of carbonyl (C=O) groups excluding carboxylic acids is 1. The number of rotatable bonds is 37. The molecular formula is C42H82O9. The molecule has 0 bridgehead atoms. The Morgan fingerprint density at radius 2 is 0.961 bits per heavy atom. The zero-order valence-electron chi connectivity index (χ0n) is 33.1. The van der Waals surface area contributed by atoms with Gasteiger partial charge in [-0.1, -0.05) is 181 Å². The molecule has 304 valence electrons. The van der Waals surface area contributed by atoms with Crippen LogP contribution in [0.25, 0.3) is 0 Å². The van der Waals surface area contributed by atoms with Crippen LogP contribution >= 0.6 is 0 Å². The molecule has 1 aliphatic heterocycles. The molecule has 0 aromatic carbocycles. The first-order valence-corrected chi connectivity index (χ1v) is 21.6. The molecule has 1 saturated heterocycles. The summed E-state index contributed by atoms with van der Waals surface area (Å²) in [5.41, 5.74) is 0. The molecule has 1 aliphatic rings. The number of hydrogen-bond acceptors (Lipinski definition) is 9. The van der Waals surface area contributed by atoms with Crippen LogP contribution in [0.4, 0.5) is 0 Å². The van der Waals surface area contributed by atoms with Crippen LogP contribution in [0, 0.1) is 0 Å². The standard InChI is InChI=1S/C42H82O9/c1-3-5-7-8-9-10-11-12-13-14-15-16-17-18-19-20-21-22-23-24-25-26-27-28-30-32-48-34-36(50-38(44)31-29-6-4-2)35-49-42-41(47)40(46)39(45)37(33-43)51-42/h36-37,39-43,45-47H,3-35H2,1-2H3. The maximum absolute atomic E-state index is 12.4. The second-order valence-corrected chi connectivity index (χ2v) is 15.2. The first-order chi connectivity index (χ1) is 24.9. The summed E-state index contributed by atoms with van der Waals surface area (Å²) in [5.74, 6) is -0.334. The Morgan fingerprint density at radius 1 is 0.549 bits per heavy atom. The molecule has 0 spiro atoms. The predicted octanol–water partition coefficient (Wildman–Crippen LogP) is 9.08. The van der Waals surface area contributed by atoms with Gasteiger partial charge in [-0.15, -0.1) is 0 Å². The highest BCUT2D eigenvalue weighted by Gasteiger charge is 2.44. The highest BCUT2D eigenvalue weighted by atomic mass is 16.7. The van der Waals surface area contributed by atoms with Crippen molar-refractivity contribution < 1.29 is 44.2 Å². The van der Waals surface area contributed by atoms with Gasteiger partial charge in [-0.25, -0.2) is 0 Å². The number of aliphatic hydroxyl groups is 4. The van der Waals surface area contributed by atoms with Crippen LogP contribution in [0.5, 0.6) is 0 Å². The zero-order chi connectivity index (χ0) is 37.2. The van der Waals surface area contributed by atoms with Crippen molar-refractivity contribution in [3.8, 4) is 0 Å². The van der Waals surface area contributed by atoms with Gasteiger partial charge in [0.25, 0.3) is 0 Å². The number of aliphatic hydroxyl groups excluding tert-OH is 4. The normalized spacial score (nSPS) is 21.3. The number of ether oxygens (including phenoxy) is 4. The Kier molecular flexibility index (Phi) is 33.0. The molecule has 51 heavy (non-hydrogen) atoms. The molecule has 0 saturated carbocycles. The molecule has 1 heterocycles. The fraction of sp³-hybridized carbons (Fsp3) is 0.976. The van der Waals surface area contributed by atoms with Crippen LogP contribution in [-0.2, 0) is 23.7 Å². The topological polar surface area (TPSA) is 135 Å². The lowest BCUT2D eigenvalue weighted by Crippen LogP contribution is -2.59. The number of hydrogen-bond donors (Lipinski definition) is 4. The van der Waals surface area contributed by atoms with E-state index in [2.05, 4.69) is 13.8 Å². The van der Waals surface area contributed by atoms with Crippen LogP contribution in [0.15, 0.2) is 0 Å². The van der Waals surface area contributed by atoms with Crippen LogP contribution in [0.3, 0.4) is 0 Å². The smallest absolute Gasteiger partial charge is 0.306 e. The summed E-state index contributed by atoms with van der Waals surface area (Å²) >= 11 is 0. The third-order valence-electron chi connectivity index (χ3n) is 10.3. The van der Waals surface area contributed by atoms with E-state index in [1.165, 1.54) is 148 Å². The van der Waals surface area contributed by atoms with Gasteiger partial charge in [0.15, 0.2) is 6.29 Å². The molecule has 4 N–H and O–H groups in total. The number of carbonyl (C=O) groups is 1. The molecule has 0 radical (unpaired) electrons. The van der Waals surface area contributed by atoms with Gasteiger partial charge < -0.3 is 39.4 Å². The van der Waals surface area contributed by atoms with Gasteiger partial charge in [-0.05, 0) is 12.8 Å². The van der Waals surface area contributed by atoms with Crippen LogP contribution in [-0.4, -0.2) is 89.6 Å². The Labute approximate surface area is 312 Å². The average Bonchev–Trinajstić information content (AvgIpc) is 3.13. The van der Waals surface area contributed by atoms with E-state index < -0.39 is 43.4 Å². The molecule has 1 fully saturated rings. The Balaban J connectivity index is 2.00. The Morgan fingerprint density at radius 3 is 1.39 bits per heavy atom. The van der Waals surface area contributed by atoms with Crippen molar-refractivity contribution >= 4 is 5.97 Å². The van der Waals surface area contributed by atoms with E-state index in [0.29, 0.717) is 13.0 Å². The molecule has 0 aromatic heterocycles. The monoisotopic (exact) mass is 731 g/mol. The Hall–Kier alpha value is -0.810. The maximum Gasteiger partial charge on any atom is 0.306 e. The summed E-state index contributed by atoms with van der Waals surface area (Å²) in [4.78, 5) is 12.4. The summed E-state index contributed by atoms with van der Waals surface area (Å²) in [6.07, 6.45) is 29.5. The van der Waals surface area contributed by atoms with Gasteiger partial charge in [-0.3, -0.25) is 4.79 Å². The summed E-state index contributed by atoms with van der Waals surface area (Å²) < 4.78 is 22.5. The fourth-order valence-corrected chi connectivity index (χ4v) is 6.85. The molecule has 9 nitrogen and oxygen atoms in total. The van der Waals surface area contributed by atoms with E-state index in [1.807, 2.05) is 0 Å². The minimum atomic E-state index is -1.53. The quantitative estimate of drug-likeness (QED) is 0.0365. The lowest BCUT2D eigenvalue weighted by atomic mass is 9.99. The van der Waals surface area contributed by atoms with Gasteiger partial charge in [0.2, 0.25) is 0 Å². The van der Waals surface area contributed by atoms with Crippen LogP contribution < -0.4 is 0 Å². The van der Waals surface area contributed by atoms with E-state index in [-0.39, 0.29) is 19.2 Å². The number of esters is 1. The minimum absolute atomic E-state index is 0.109. The van der Waals surface area contributed by atoms with E-state index in [1.54, 1.807) is 0 Å². The first-order valence-electron chi connectivity index (χ1n) is 21.6. The zero-order valence-corrected chi connectivity index (χ0v) is 33.1. The van der Waals surface area contributed by atoms with E-state index in [0.717, 1.165) is 32.1 Å². The third kappa shape index (κ3) is 26.6. The highest BCUT2D eigenvalue weighted by molar-refractivity contribution is 5.69. The van der Waals surface area contributed by atoms with Crippen LogP contribution in [0.1, 0.15) is 200 Å². The molecular weight excluding hydrogens is 648 g/mol. The second kappa shape index (κ2) is 34.9. The van der Waals surface area contributed by atoms with Gasteiger partial charge in [0, 0.05) is 13.0 Å². The summed E-state index contributed by atoms with van der Waals surface area (Å²) in [6, 6.07) is 0. The fourth-order valence-electron chi connectivity index (χ4n) is 6.85. The van der Waals surface area contributed by atoms with Gasteiger partial charge in [0.05, 0.1) is 19.8 Å². The van der Waals surface area contributed by atoms with Crippen molar-refractivity contribution in [3.05, 3.63) is 0 Å². The largest absolute Gasteiger partial charge is 0.457 e. The average molecular weight is 731 g/mol. The van der Waals surface area contributed by atoms with Crippen molar-refractivity contribution in [1.82, 2.24) is 0 Å². The van der Waals surface area contributed by atoms with Gasteiger partial charge in [0.1, 0.15) is 30.5 Å². The molecule has 0 amide bonds. The van der Waals surface area contributed by atoms with Crippen molar-refractivity contribution in [2.24, 2.45) is 0 Å². The first kappa shape index (κ1) is 48.2. The molecule has 6 unspecified atom stereocenters. The second-order valence-electron chi connectivity index (χ2n) is 15.2. The van der Waals surface area contributed by atoms with Crippen LogP contribution in [0.2, 0.25) is 0 Å². The van der Waals surface area contributed by atoms with Crippen molar-refractivity contribution in [2.75, 3.05) is 26.4 Å². The maximum atomic E-state index is 12.4. The Bertz CT molecular complexity index is 752. The molecule has 1 rings (SSSR count). The molecule has 0 aromatic rings. The summed E-state index contributed by atoms with van der Waals surface area (Å²) in [5, 5.41) is 39.7. The highest BCUT2D eigenvalue weighted by Crippen LogP contribution is 2.23. The molecule has 9 heteroatoms. The van der Waals surface area contributed by atoms with E-state index in [9.17, 15) is 25.2 Å². The predicted molar refractivity (Wildman–Crippen MR) is 206 cm³/mol. The number of unbranched alkanes of at least 4 members (excludes halogenated alkanes) is 26. The SMILES string of the molecule is CCCCCCCCCCCCCCCCCCCCCCCCCCCOCC(COC1OC(CO)C(O)C(O)C1O)OC(=O)CCCCC. The van der Waals surface area contributed by atoms with E-state index >= 15 is 0 Å².